The van der Waals surface area contributed by atoms with Crippen molar-refractivity contribution in [3.8, 4) is 11.8 Å². The van der Waals surface area contributed by atoms with E-state index < -0.39 is 0 Å². The predicted octanol–water partition coefficient (Wildman–Crippen LogP) is 7.12. The van der Waals surface area contributed by atoms with Crippen LogP contribution in [0.1, 0.15) is 94.0 Å². The fraction of sp³-hybridized carbons (Fsp3) is 0.500. The quantitative estimate of drug-likeness (QED) is 0.307. The SMILES string of the molecule is CCCCCCCc1ccc(C#Cc2ccc(CCCCCC)cc2)nc1. The second kappa shape index (κ2) is 13.2. The van der Waals surface area contributed by atoms with Crippen LogP contribution >= 0.6 is 0 Å². The largest absolute Gasteiger partial charge is 0.248 e. The fourth-order valence-electron chi connectivity index (χ4n) is 3.23. The van der Waals surface area contributed by atoms with E-state index in [1.807, 2.05) is 6.20 Å². The Morgan fingerprint density at radius 1 is 0.630 bits per heavy atom. The van der Waals surface area contributed by atoms with Crippen LogP contribution in [-0.2, 0) is 12.8 Å². The van der Waals surface area contributed by atoms with Gasteiger partial charge in [-0.1, -0.05) is 82.9 Å². The molecule has 0 amide bonds. The lowest BCUT2D eigenvalue weighted by atomic mass is 10.0. The molecule has 27 heavy (non-hydrogen) atoms. The fourth-order valence-corrected chi connectivity index (χ4v) is 3.23. The molecule has 0 bridgehead atoms. The molecule has 1 aromatic carbocycles. The van der Waals surface area contributed by atoms with Gasteiger partial charge >= 0.3 is 0 Å². The van der Waals surface area contributed by atoms with Crippen molar-refractivity contribution in [2.45, 2.75) is 84.5 Å². The number of pyridine rings is 1. The van der Waals surface area contributed by atoms with E-state index in [1.54, 1.807) is 0 Å². The van der Waals surface area contributed by atoms with Gasteiger partial charge in [0.25, 0.3) is 0 Å². The van der Waals surface area contributed by atoms with Gasteiger partial charge < -0.3 is 0 Å². The Bertz CT molecular complexity index is 686. The van der Waals surface area contributed by atoms with E-state index in [0.29, 0.717) is 0 Å². The van der Waals surface area contributed by atoms with Crippen LogP contribution in [0.2, 0.25) is 0 Å². The van der Waals surface area contributed by atoms with Crippen molar-refractivity contribution >= 4 is 0 Å². The Morgan fingerprint density at radius 2 is 1.22 bits per heavy atom. The standard InChI is InChI=1S/C26H35N/c1-3-5-7-9-11-13-25-19-21-26(27-22-25)20-18-24-16-14-23(15-17-24)12-10-8-6-4-2/h14-17,19,21-22H,3-13H2,1-2H3. The number of aromatic nitrogens is 1. The highest BCUT2D eigenvalue weighted by Gasteiger charge is 1.96. The minimum atomic E-state index is 0.855. The number of hydrogen-bond acceptors (Lipinski definition) is 1. The zero-order valence-electron chi connectivity index (χ0n) is 17.3. The minimum absolute atomic E-state index is 0.855. The van der Waals surface area contributed by atoms with Crippen molar-refractivity contribution < 1.29 is 0 Å². The van der Waals surface area contributed by atoms with Crippen LogP contribution in [0.25, 0.3) is 0 Å². The summed E-state index contributed by atoms with van der Waals surface area (Å²) in [5, 5.41) is 0. The first kappa shape index (κ1) is 21.2. The Balaban J connectivity index is 1.79. The molecule has 0 unspecified atom stereocenters. The van der Waals surface area contributed by atoms with E-state index in [-0.39, 0.29) is 0 Å². The van der Waals surface area contributed by atoms with Gasteiger partial charge in [0, 0.05) is 11.8 Å². The summed E-state index contributed by atoms with van der Waals surface area (Å²) in [5.74, 6) is 6.43. The van der Waals surface area contributed by atoms with Crippen LogP contribution < -0.4 is 0 Å². The monoisotopic (exact) mass is 361 g/mol. The maximum absolute atomic E-state index is 4.51. The van der Waals surface area contributed by atoms with E-state index >= 15 is 0 Å². The molecule has 144 valence electrons. The molecule has 0 N–H and O–H groups in total. The van der Waals surface area contributed by atoms with Crippen LogP contribution in [0.4, 0.5) is 0 Å². The summed E-state index contributed by atoms with van der Waals surface area (Å²) in [6, 6.07) is 12.9. The van der Waals surface area contributed by atoms with E-state index in [1.165, 1.54) is 75.3 Å². The average molecular weight is 362 g/mol. The molecule has 2 rings (SSSR count). The van der Waals surface area contributed by atoms with Gasteiger partial charge in [-0.2, -0.15) is 0 Å². The molecule has 0 aliphatic rings. The second-order valence-corrected chi connectivity index (χ2v) is 7.47. The predicted molar refractivity (Wildman–Crippen MR) is 117 cm³/mol. The van der Waals surface area contributed by atoms with Crippen LogP contribution in [0.15, 0.2) is 42.6 Å². The maximum atomic E-state index is 4.51. The van der Waals surface area contributed by atoms with Gasteiger partial charge in [-0.05, 0) is 60.9 Å². The third-order valence-electron chi connectivity index (χ3n) is 5.00. The number of aryl methyl sites for hydroxylation is 2. The number of rotatable bonds is 11. The van der Waals surface area contributed by atoms with Gasteiger partial charge in [0.05, 0.1) is 0 Å². The van der Waals surface area contributed by atoms with Crippen molar-refractivity contribution in [2.24, 2.45) is 0 Å². The van der Waals surface area contributed by atoms with Crippen LogP contribution in [0, 0.1) is 11.8 Å². The van der Waals surface area contributed by atoms with Gasteiger partial charge in [0.15, 0.2) is 0 Å². The molecular formula is C26H35N. The van der Waals surface area contributed by atoms with E-state index in [4.69, 9.17) is 0 Å². The molecule has 1 heteroatoms. The van der Waals surface area contributed by atoms with E-state index in [2.05, 4.69) is 67.1 Å². The molecule has 0 aliphatic heterocycles. The summed E-state index contributed by atoms with van der Waals surface area (Å²) >= 11 is 0. The van der Waals surface area contributed by atoms with Crippen LogP contribution in [0.5, 0.6) is 0 Å². The van der Waals surface area contributed by atoms with Crippen molar-refractivity contribution in [1.82, 2.24) is 4.98 Å². The Hall–Kier alpha value is -2.07. The van der Waals surface area contributed by atoms with Crippen molar-refractivity contribution in [2.75, 3.05) is 0 Å². The Morgan fingerprint density at radius 3 is 1.85 bits per heavy atom. The summed E-state index contributed by atoms with van der Waals surface area (Å²) in [4.78, 5) is 4.51. The lowest BCUT2D eigenvalue weighted by Gasteiger charge is -2.02. The summed E-state index contributed by atoms with van der Waals surface area (Å²) in [6.45, 7) is 4.51. The van der Waals surface area contributed by atoms with Crippen LogP contribution in [-0.4, -0.2) is 4.98 Å². The van der Waals surface area contributed by atoms with E-state index in [9.17, 15) is 0 Å². The highest BCUT2D eigenvalue weighted by Crippen LogP contribution is 2.10. The third-order valence-corrected chi connectivity index (χ3v) is 5.00. The molecule has 1 aromatic heterocycles. The number of hydrogen-bond donors (Lipinski definition) is 0. The van der Waals surface area contributed by atoms with Gasteiger partial charge in [-0.3, -0.25) is 0 Å². The lowest BCUT2D eigenvalue weighted by molar-refractivity contribution is 0.631. The van der Waals surface area contributed by atoms with Crippen molar-refractivity contribution in [3.05, 3.63) is 65.0 Å². The molecule has 0 radical (unpaired) electrons. The molecule has 0 aliphatic carbocycles. The molecule has 0 fully saturated rings. The highest BCUT2D eigenvalue weighted by molar-refractivity contribution is 5.41. The second-order valence-electron chi connectivity index (χ2n) is 7.47. The molecular weight excluding hydrogens is 326 g/mol. The molecule has 2 aromatic rings. The van der Waals surface area contributed by atoms with Gasteiger partial charge in [0.2, 0.25) is 0 Å². The number of nitrogens with zero attached hydrogens (tertiary/aromatic N) is 1. The summed E-state index contributed by atoms with van der Waals surface area (Å²) < 4.78 is 0. The molecule has 0 saturated heterocycles. The average Bonchev–Trinajstić information content (AvgIpc) is 2.71. The van der Waals surface area contributed by atoms with Crippen molar-refractivity contribution in [1.29, 1.82) is 0 Å². The topological polar surface area (TPSA) is 12.9 Å². The van der Waals surface area contributed by atoms with Crippen LogP contribution in [0.3, 0.4) is 0 Å². The number of unbranched alkanes of at least 4 members (excludes halogenated alkanes) is 7. The first-order valence-electron chi connectivity index (χ1n) is 10.9. The van der Waals surface area contributed by atoms with Gasteiger partial charge in [-0.15, -0.1) is 0 Å². The zero-order valence-corrected chi connectivity index (χ0v) is 17.3. The third kappa shape index (κ3) is 8.91. The van der Waals surface area contributed by atoms with Crippen molar-refractivity contribution in [3.63, 3.8) is 0 Å². The molecule has 0 spiro atoms. The van der Waals surface area contributed by atoms with E-state index in [0.717, 1.165) is 17.7 Å². The summed E-state index contributed by atoms with van der Waals surface area (Å²) in [6.07, 6.45) is 16.1. The highest BCUT2D eigenvalue weighted by atomic mass is 14.7. The smallest absolute Gasteiger partial charge is 0.113 e. The molecule has 0 saturated carbocycles. The molecule has 0 atom stereocenters. The lowest BCUT2D eigenvalue weighted by Crippen LogP contribution is -1.90. The summed E-state index contributed by atoms with van der Waals surface area (Å²) in [7, 11) is 0. The first-order valence-corrected chi connectivity index (χ1v) is 10.9. The maximum Gasteiger partial charge on any atom is 0.113 e. The first-order chi connectivity index (χ1) is 13.3. The Labute approximate surface area is 166 Å². The molecule has 1 nitrogen and oxygen atoms in total. The number of benzene rings is 1. The summed E-state index contributed by atoms with van der Waals surface area (Å²) in [5.41, 5.74) is 4.66. The molecule has 1 heterocycles. The minimum Gasteiger partial charge on any atom is -0.248 e. The normalized spacial score (nSPS) is 10.4. The van der Waals surface area contributed by atoms with Gasteiger partial charge in [0.1, 0.15) is 5.69 Å². The van der Waals surface area contributed by atoms with Gasteiger partial charge in [-0.25, -0.2) is 4.98 Å². The zero-order chi connectivity index (χ0) is 19.2. The Kier molecular flexibility index (Phi) is 10.3.